The van der Waals surface area contributed by atoms with Gasteiger partial charge in [0.25, 0.3) is 5.56 Å². The molecule has 0 fully saturated rings. The van der Waals surface area contributed by atoms with Crippen molar-refractivity contribution in [2.75, 3.05) is 7.11 Å². The average molecular weight is 472 g/mol. The van der Waals surface area contributed by atoms with Crippen LogP contribution in [0.4, 0.5) is 8.78 Å². The second-order valence-electron chi connectivity index (χ2n) is 6.91. The van der Waals surface area contributed by atoms with Gasteiger partial charge in [0.2, 0.25) is 0 Å². The number of fused-ring (bicyclic) bond motifs is 2. The molecule has 0 atom stereocenters. The van der Waals surface area contributed by atoms with Crippen LogP contribution in [0.5, 0.6) is 5.75 Å². The van der Waals surface area contributed by atoms with E-state index in [1.807, 2.05) is 0 Å². The number of nitrogens with one attached hydrogen (secondary N) is 1. The van der Waals surface area contributed by atoms with Crippen molar-refractivity contribution in [3.8, 4) is 21.9 Å². The van der Waals surface area contributed by atoms with Gasteiger partial charge in [-0.15, -0.1) is 11.3 Å². The number of H-pyrrole nitrogens is 1. The number of rotatable bonds is 3. The molecule has 3 aromatic heterocycles. The minimum Gasteiger partial charge on any atom is -0.494 e. The van der Waals surface area contributed by atoms with Crippen LogP contribution in [0.25, 0.3) is 37.1 Å². The monoisotopic (exact) mass is 471 g/mol. The second-order valence-corrected chi connectivity index (χ2v) is 8.37. The lowest BCUT2D eigenvalue weighted by atomic mass is 10.1. The van der Waals surface area contributed by atoms with E-state index in [2.05, 4.69) is 9.97 Å². The van der Waals surface area contributed by atoms with Crippen LogP contribution in [-0.4, -0.2) is 21.6 Å². The molecule has 0 saturated heterocycles. The Morgan fingerprint density at radius 2 is 1.94 bits per heavy atom. The Morgan fingerprint density at radius 3 is 2.72 bits per heavy atom. The summed E-state index contributed by atoms with van der Waals surface area (Å²) >= 11 is 7.31. The van der Waals surface area contributed by atoms with Gasteiger partial charge in [-0.25, -0.2) is 18.1 Å². The SMILES string of the molecule is COc1cc(-c2cc3[nH]c(=O)n(-c4cncc5cc(F)ccc45)c(=O)c3s2)c(Cl)cc1F. The van der Waals surface area contributed by atoms with E-state index in [9.17, 15) is 18.4 Å². The zero-order chi connectivity index (χ0) is 22.6. The van der Waals surface area contributed by atoms with E-state index in [1.54, 1.807) is 6.07 Å². The summed E-state index contributed by atoms with van der Waals surface area (Å²) in [5, 5.41) is 1.08. The highest BCUT2D eigenvalue weighted by Gasteiger charge is 2.18. The van der Waals surface area contributed by atoms with Gasteiger partial charge in [0.05, 0.1) is 29.5 Å². The third-order valence-corrected chi connectivity index (χ3v) is 6.49. The summed E-state index contributed by atoms with van der Waals surface area (Å²) in [5.74, 6) is -1.07. The van der Waals surface area contributed by atoms with Gasteiger partial charge < -0.3 is 9.72 Å². The van der Waals surface area contributed by atoms with Crippen LogP contribution in [0, 0.1) is 11.6 Å². The lowest BCUT2D eigenvalue weighted by molar-refractivity contribution is 0.387. The van der Waals surface area contributed by atoms with Gasteiger partial charge in [-0.3, -0.25) is 9.78 Å². The Morgan fingerprint density at radius 1 is 1.12 bits per heavy atom. The fraction of sp³-hybridized carbons (Fsp3) is 0.0455. The molecule has 5 aromatic rings. The minimum atomic E-state index is -0.673. The van der Waals surface area contributed by atoms with Gasteiger partial charge in [0.15, 0.2) is 11.6 Å². The number of halogens is 3. The minimum absolute atomic E-state index is 0.00169. The molecule has 0 bridgehead atoms. The van der Waals surface area contributed by atoms with Crippen LogP contribution in [-0.2, 0) is 0 Å². The van der Waals surface area contributed by atoms with E-state index in [0.717, 1.165) is 22.0 Å². The van der Waals surface area contributed by atoms with Crippen LogP contribution in [0.15, 0.2) is 58.4 Å². The summed E-state index contributed by atoms with van der Waals surface area (Å²) in [6.45, 7) is 0. The number of nitrogens with zero attached hydrogens (tertiary/aromatic N) is 2. The second kappa shape index (κ2) is 7.54. The van der Waals surface area contributed by atoms with Crippen LogP contribution >= 0.6 is 22.9 Å². The third kappa shape index (κ3) is 3.17. The molecule has 2 aromatic carbocycles. The molecular weight excluding hydrogens is 460 g/mol. The lowest BCUT2D eigenvalue weighted by Gasteiger charge is -2.08. The molecule has 1 N–H and O–H groups in total. The van der Waals surface area contributed by atoms with E-state index in [1.165, 1.54) is 43.8 Å². The maximum Gasteiger partial charge on any atom is 0.333 e. The quantitative estimate of drug-likeness (QED) is 0.406. The van der Waals surface area contributed by atoms with Crippen molar-refractivity contribution in [1.29, 1.82) is 0 Å². The number of thiophene rings is 1. The molecule has 0 amide bonds. The number of benzene rings is 2. The first-order valence-corrected chi connectivity index (χ1v) is 10.4. The maximum atomic E-state index is 13.9. The first-order valence-electron chi connectivity index (χ1n) is 9.23. The summed E-state index contributed by atoms with van der Waals surface area (Å²) in [6, 6.07) is 8.17. The predicted octanol–water partition coefficient (Wildman–Crippen LogP) is 4.90. The first-order chi connectivity index (χ1) is 15.4. The van der Waals surface area contributed by atoms with Crippen LogP contribution in [0.1, 0.15) is 0 Å². The van der Waals surface area contributed by atoms with Gasteiger partial charge in [-0.05, 0) is 36.4 Å². The lowest BCUT2D eigenvalue weighted by Crippen LogP contribution is -2.33. The van der Waals surface area contributed by atoms with E-state index >= 15 is 0 Å². The summed E-state index contributed by atoms with van der Waals surface area (Å²) in [6.07, 6.45) is 2.83. The van der Waals surface area contributed by atoms with E-state index < -0.39 is 22.9 Å². The molecule has 0 radical (unpaired) electrons. The molecule has 5 rings (SSSR count). The van der Waals surface area contributed by atoms with Crippen molar-refractivity contribution in [2.45, 2.75) is 0 Å². The number of aromatic amines is 1. The standard InChI is InChI=1S/C22H12ClF2N3O3S/c1-31-18-5-13(14(23)6-15(18)25)19-7-16-20(32-19)21(29)28(22(30)27-16)17-9-26-8-10-4-11(24)2-3-12(10)17/h2-9H,1H3,(H,27,30). The Labute approximate surface area is 187 Å². The highest BCUT2D eigenvalue weighted by molar-refractivity contribution is 7.22. The van der Waals surface area contributed by atoms with Crippen molar-refractivity contribution < 1.29 is 13.5 Å². The molecule has 32 heavy (non-hydrogen) atoms. The molecule has 0 spiro atoms. The Bertz CT molecular complexity index is 1660. The smallest absolute Gasteiger partial charge is 0.333 e. The fourth-order valence-electron chi connectivity index (χ4n) is 3.54. The summed E-state index contributed by atoms with van der Waals surface area (Å²) in [7, 11) is 1.33. The number of hydrogen-bond acceptors (Lipinski definition) is 5. The van der Waals surface area contributed by atoms with Gasteiger partial charge in [-0.1, -0.05) is 11.6 Å². The molecule has 0 aliphatic rings. The molecule has 0 aliphatic carbocycles. The molecule has 0 aliphatic heterocycles. The highest BCUT2D eigenvalue weighted by Crippen LogP contribution is 2.38. The van der Waals surface area contributed by atoms with Gasteiger partial charge in [-0.2, -0.15) is 0 Å². The van der Waals surface area contributed by atoms with Crippen molar-refractivity contribution >= 4 is 43.9 Å². The third-order valence-electron chi connectivity index (χ3n) is 5.02. The van der Waals surface area contributed by atoms with E-state index in [0.29, 0.717) is 26.7 Å². The zero-order valence-electron chi connectivity index (χ0n) is 16.3. The largest absolute Gasteiger partial charge is 0.494 e. The van der Waals surface area contributed by atoms with E-state index in [4.69, 9.17) is 16.3 Å². The molecule has 3 heterocycles. The molecule has 6 nitrogen and oxygen atoms in total. The molecule has 0 unspecified atom stereocenters. The number of aromatic nitrogens is 3. The number of ether oxygens (including phenoxy) is 1. The van der Waals surface area contributed by atoms with Crippen LogP contribution < -0.4 is 16.0 Å². The van der Waals surface area contributed by atoms with Gasteiger partial charge in [0.1, 0.15) is 10.5 Å². The summed E-state index contributed by atoms with van der Waals surface area (Å²) < 4.78 is 33.8. The average Bonchev–Trinajstić information content (AvgIpc) is 3.17. The highest BCUT2D eigenvalue weighted by atomic mass is 35.5. The summed E-state index contributed by atoms with van der Waals surface area (Å²) in [5.41, 5.74) is -0.237. The molecule has 0 saturated carbocycles. The Kier molecular flexibility index (Phi) is 4.79. The first kappa shape index (κ1) is 20.3. The van der Waals surface area contributed by atoms with Crippen LogP contribution in [0.3, 0.4) is 0 Å². The number of methoxy groups -OCH3 is 1. The van der Waals surface area contributed by atoms with Crippen molar-refractivity contribution in [3.05, 3.63) is 86.3 Å². The van der Waals surface area contributed by atoms with E-state index in [-0.39, 0.29) is 21.2 Å². The molecule has 10 heteroatoms. The normalized spacial score (nSPS) is 11.4. The Hall–Kier alpha value is -3.56. The maximum absolute atomic E-state index is 13.9. The molecule has 160 valence electrons. The van der Waals surface area contributed by atoms with Crippen molar-refractivity contribution in [3.63, 3.8) is 0 Å². The number of hydrogen-bond donors (Lipinski definition) is 1. The van der Waals surface area contributed by atoms with Gasteiger partial charge >= 0.3 is 5.69 Å². The van der Waals surface area contributed by atoms with Crippen molar-refractivity contribution in [2.24, 2.45) is 0 Å². The predicted molar refractivity (Wildman–Crippen MR) is 120 cm³/mol. The topological polar surface area (TPSA) is 77.0 Å². The zero-order valence-corrected chi connectivity index (χ0v) is 17.9. The fourth-order valence-corrected chi connectivity index (χ4v) is 4.93. The van der Waals surface area contributed by atoms with Gasteiger partial charge in [0, 0.05) is 27.4 Å². The molecular formula is C22H12ClF2N3O3S. The number of pyridine rings is 1. The Balaban J connectivity index is 1.76. The van der Waals surface area contributed by atoms with Crippen molar-refractivity contribution in [1.82, 2.24) is 14.5 Å². The summed E-state index contributed by atoms with van der Waals surface area (Å²) in [4.78, 5) is 33.4. The van der Waals surface area contributed by atoms with Crippen LogP contribution in [0.2, 0.25) is 5.02 Å².